The van der Waals surface area contributed by atoms with Gasteiger partial charge in [-0.15, -0.1) is 12.3 Å². The molecule has 4 heteroatoms. The Balaban J connectivity index is 2.68. The van der Waals surface area contributed by atoms with Gasteiger partial charge in [-0.2, -0.15) is 0 Å². The summed E-state index contributed by atoms with van der Waals surface area (Å²) < 4.78 is 0. The van der Waals surface area contributed by atoms with Gasteiger partial charge in [-0.05, 0) is 6.92 Å². The summed E-state index contributed by atoms with van der Waals surface area (Å²) in [5.74, 6) is 1.17. The average molecular weight is 181 g/mol. The second kappa shape index (κ2) is 3.48. The van der Waals surface area contributed by atoms with Crippen LogP contribution in [0.25, 0.3) is 0 Å². The third-order valence-corrected chi connectivity index (χ3v) is 2.22. The molecule has 2 atom stereocenters. The van der Waals surface area contributed by atoms with Gasteiger partial charge in [0.25, 0.3) is 0 Å². The molecule has 0 bridgehead atoms. The lowest BCUT2D eigenvalue weighted by atomic mass is 10.1. The molecule has 1 aliphatic heterocycles. The van der Waals surface area contributed by atoms with E-state index < -0.39 is 12.0 Å². The standard InChI is InChI=1S/C9H11NO3/c1-3-7-4-8(11)10(5-7)6(2)9(12)13/h1,6-7H,4-5H2,2H3,(H,12,13)/t6-,7?/m0/s1. The van der Waals surface area contributed by atoms with E-state index in [1.54, 1.807) is 0 Å². The zero-order valence-corrected chi connectivity index (χ0v) is 7.36. The SMILES string of the molecule is C#CC1CC(=O)N([C@@H](C)C(=O)O)C1. The number of carboxylic acids is 1. The van der Waals surface area contributed by atoms with E-state index in [2.05, 4.69) is 5.92 Å². The number of aliphatic carboxylic acids is 1. The third-order valence-electron chi connectivity index (χ3n) is 2.22. The average Bonchev–Trinajstić information content (AvgIpc) is 2.45. The number of likely N-dealkylation sites (tertiary alicyclic amines) is 1. The van der Waals surface area contributed by atoms with E-state index in [1.165, 1.54) is 11.8 Å². The van der Waals surface area contributed by atoms with E-state index in [0.29, 0.717) is 6.54 Å². The Bertz CT molecular complexity index is 279. The van der Waals surface area contributed by atoms with Crippen molar-refractivity contribution in [1.82, 2.24) is 4.90 Å². The van der Waals surface area contributed by atoms with Crippen LogP contribution in [0.1, 0.15) is 13.3 Å². The summed E-state index contributed by atoms with van der Waals surface area (Å²) >= 11 is 0. The maximum absolute atomic E-state index is 11.3. The van der Waals surface area contributed by atoms with Crippen molar-refractivity contribution in [2.45, 2.75) is 19.4 Å². The Morgan fingerprint density at radius 3 is 2.85 bits per heavy atom. The minimum atomic E-state index is -0.994. The lowest BCUT2D eigenvalue weighted by Gasteiger charge is -2.20. The van der Waals surface area contributed by atoms with Gasteiger partial charge in [0.15, 0.2) is 0 Å². The summed E-state index contributed by atoms with van der Waals surface area (Å²) in [6, 6.07) is -0.772. The lowest BCUT2D eigenvalue weighted by Crippen LogP contribution is -2.39. The monoisotopic (exact) mass is 181 g/mol. The topological polar surface area (TPSA) is 57.6 Å². The molecule has 0 radical (unpaired) electrons. The zero-order valence-electron chi connectivity index (χ0n) is 7.36. The first kappa shape index (κ1) is 9.59. The molecule has 0 aromatic carbocycles. The number of amides is 1. The largest absolute Gasteiger partial charge is 0.480 e. The van der Waals surface area contributed by atoms with Gasteiger partial charge in [-0.25, -0.2) is 4.79 Å². The number of hydrogen-bond donors (Lipinski definition) is 1. The highest BCUT2D eigenvalue weighted by Gasteiger charge is 2.34. The van der Waals surface area contributed by atoms with Crippen LogP contribution in [-0.2, 0) is 9.59 Å². The highest BCUT2D eigenvalue weighted by molar-refractivity contribution is 5.85. The maximum Gasteiger partial charge on any atom is 0.326 e. The number of carbonyl (C=O) groups excluding carboxylic acids is 1. The first-order valence-electron chi connectivity index (χ1n) is 4.04. The molecule has 70 valence electrons. The molecule has 4 nitrogen and oxygen atoms in total. The van der Waals surface area contributed by atoms with Crippen molar-refractivity contribution < 1.29 is 14.7 Å². The molecule has 13 heavy (non-hydrogen) atoms. The van der Waals surface area contributed by atoms with E-state index in [0.717, 1.165) is 0 Å². The summed E-state index contributed by atoms with van der Waals surface area (Å²) in [4.78, 5) is 23.2. The van der Waals surface area contributed by atoms with E-state index in [-0.39, 0.29) is 18.2 Å². The minimum Gasteiger partial charge on any atom is -0.480 e. The van der Waals surface area contributed by atoms with Crippen LogP contribution in [0, 0.1) is 18.3 Å². The van der Waals surface area contributed by atoms with Crippen molar-refractivity contribution >= 4 is 11.9 Å². The predicted molar refractivity (Wildman–Crippen MR) is 45.8 cm³/mol. The Hall–Kier alpha value is -1.50. The van der Waals surface area contributed by atoms with Gasteiger partial charge >= 0.3 is 5.97 Å². The minimum absolute atomic E-state index is 0.130. The highest BCUT2D eigenvalue weighted by Crippen LogP contribution is 2.19. The van der Waals surface area contributed by atoms with Crippen LogP contribution in [-0.4, -0.2) is 34.5 Å². The normalized spacial score (nSPS) is 24.2. The number of terminal acetylenes is 1. The molecule has 1 unspecified atom stereocenters. The third kappa shape index (κ3) is 1.81. The van der Waals surface area contributed by atoms with Crippen LogP contribution in [0.2, 0.25) is 0 Å². The molecular formula is C9H11NO3. The summed E-state index contributed by atoms with van der Waals surface area (Å²) in [6.07, 6.45) is 5.43. The quantitative estimate of drug-likeness (QED) is 0.607. The molecule has 1 heterocycles. The van der Waals surface area contributed by atoms with Crippen LogP contribution in [0.5, 0.6) is 0 Å². The van der Waals surface area contributed by atoms with Crippen molar-refractivity contribution in [3.05, 3.63) is 0 Å². The van der Waals surface area contributed by atoms with Gasteiger partial charge < -0.3 is 10.0 Å². The van der Waals surface area contributed by atoms with Gasteiger partial charge in [-0.1, -0.05) is 0 Å². The molecule has 0 aliphatic carbocycles. The van der Waals surface area contributed by atoms with Crippen LogP contribution >= 0.6 is 0 Å². The summed E-state index contributed by atoms with van der Waals surface area (Å²) in [7, 11) is 0. The van der Waals surface area contributed by atoms with Gasteiger partial charge in [-0.3, -0.25) is 4.79 Å². The Kier molecular flexibility index (Phi) is 2.57. The van der Waals surface area contributed by atoms with Gasteiger partial charge in [0.1, 0.15) is 6.04 Å². The Labute approximate surface area is 76.5 Å². The van der Waals surface area contributed by atoms with Crippen LogP contribution in [0.15, 0.2) is 0 Å². The number of carboxylic acid groups (broad SMARTS) is 1. The second-order valence-electron chi connectivity index (χ2n) is 3.13. The molecule has 1 N–H and O–H groups in total. The maximum atomic E-state index is 11.3. The van der Waals surface area contributed by atoms with Gasteiger partial charge in [0, 0.05) is 18.9 Å². The smallest absolute Gasteiger partial charge is 0.326 e. The Morgan fingerprint density at radius 1 is 1.85 bits per heavy atom. The van der Waals surface area contributed by atoms with Crippen molar-refractivity contribution in [3.8, 4) is 12.3 Å². The molecule has 1 amide bonds. The zero-order chi connectivity index (χ0) is 10.0. The highest BCUT2D eigenvalue weighted by atomic mass is 16.4. The van der Waals surface area contributed by atoms with Gasteiger partial charge in [0.2, 0.25) is 5.91 Å². The number of rotatable bonds is 2. The number of hydrogen-bond acceptors (Lipinski definition) is 2. The molecule has 1 rings (SSSR count). The van der Waals surface area contributed by atoms with E-state index >= 15 is 0 Å². The van der Waals surface area contributed by atoms with Crippen LogP contribution in [0.3, 0.4) is 0 Å². The van der Waals surface area contributed by atoms with Crippen LogP contribution < -0.4 is 0 Å². The van der Waals surface area contributed by atoms with Crippen molar-refractivity contribution in [2.75, 3.05) is 6.54 Å². The second-order valence-corrected chi connectivity index (χ2v) is 3.13. The number of nitrogens with zero attached hydrogens (tertiary/aromatic N) is 1. The van der Waals surface area contributed by atoms with Crippen LogP contribution in [0.4, 0.5) is 0 Å². The van der Waals surface area contributed by atoms with Crippen molar-refractivity contribution in [3.63, 3.8) is 0 Å². The molecule has 1 fully saturated rings. The fourth-order valence-electron chi connectivity index (χ4n) is 1.35. The molecule has 1 aliphatic rings. The molecule has 0 aromatic heterocycles. The summed E-state index contributed by atoms with van der Waals surface area (Å²) in [5.41, 5.74) is 0. The first-order valence-corrected chi connectivity index (χ1v) is 4.04. The molecular weight excluding hydrogens is 170 g/mol. The molecule has 0 saturated carbocycles. The molecule has 0 spiro atoms. The lowest BCUT2D eigenvalue weighted by molar-refractivity contribution is -0.147. The van der Waals surface area contributed by atoms with Crippen molar-refractivity contribution in [1.29, 1.82) is 0 Å². The van der Waals surface area contributed by atoms with E-state index in [4.69, 9.17) is 11.5 Å². The Morgan fingerprint density at radius 2 is 2.46 bits per heavy atom. The predicted octanol–water partition coefficient (Wildman–Crippen LogP) is -0.0588. The number of carbonyl (C=O) groups is 2. The van der Waals surface area contributed by atoms with Crippen molar-refractivity contribution in [2.24, 2.45) is 5.92 Å². The first-order chi connectivity index (χ1) is 6.06. The van der Waals surface area contributed by atoms with E-state index in [9.17, 15) is 9.59 Å². The summed E-state index contributed by atoms with van der Waals surface area (Å²) in [6.45, 7) is 1.85. The fourth-order valence-corrected chi connectivity index (χ4v) is 1.35. The fraction of sp³-hybridized carbons (Fsp3) is 0.556. The van der Waals surface area contributed by atoms with E-state index in [1.807, 2.05) is 0 Å². The molecule has 1 saturated heterocycles. The van der Waals surface area contributed by atoms with Gasteiger partial charge in [0.05, 0.1) is 0 Å². The molecule has 0 aromatic rings. The summed E-state index contributed by atoms with van der Waals surface area (Å²) in [5, 5.41) is 8.67.